The number of carbonyl (C=O) groups is 1. The van der Waals surface area contributed by atoms with Crippen LogP contribution in [0.5, 0.6) is 5.75 Å². The van der Waals surface area contributed by atoms with Crippen molar-refractivity contribution in [2.75, 3.05) is 33.3 Å². The Morgan fingerprint density at radius 2 is 2.17 bits per heavy atom. The molecule has 0 spiro atoms. The molecular formula is C18H24N4O2. The molecule has 1 saturated heterocycles. The largest absolute Gasteiger partial charge is 0.497 e. The summed E-state index contributed by atoms with van der Waals surface area (Å²) < 4.78 is 5.23. The first-order valence-corrected chi connectivity index (χ1v) is 8.36. The van der Waals surface area contributed by atoms with Crippen LogP contribution >= 0.6 is 0 Å². The zero-order chi connectivity index (χ0) is 16.8. The fourth-order valence-electron chi connectivity index (χ4n) is 3.06. The van der Waals surface area contributed by atoms with E-state index >= 15 is 0 Å². The molecule has 6 nitrogen and oxygen atoms in total. The molecular weight excluding hydrogens is 304 g/mol. The average Bonchev–Trinajstić information content (AvgIpc) is 2.99. The molecule has 1 aromatic heterocycles. The second-order valence-corrected chi connectivity index (χ2v) is 6.12. The van der Waals surface area contributed by atoms with Gasteiger partial charge in [0.2, 0.25) is 5.91 Å². The number of amides is 1. The summed E-state index contributed by atoms with van der Waals surface area (Å²) in [5.74, 6) is 0.980. The summed E-state index contributed by atoms with van der Waals surface area (Å²) in [7, 11) is 1.64. The lowest BCUT2D eigenvalue weighted by molar-refractivity contribution is -0.130. The van der Waals surface area contributed by atoms with Gasteiger partial charge in [-0.15, -0.1) is 0 Å². The number of nitrogens with zero attached hydrogens (tertiary/aromatic N) is 3. The molecule has 0 unspecified atom stereocenters. The molecule has 1 N–H and O–H groups in total. The van der Waals surface area contributed by atoms with Crippen LogP contribution in [0.4, 0.5) is 0 Å². The molecule has 0 aliphatic carbocycles. The number of carbonyl (C=O) groups excluding carboxylic acids is 1. The minimum absolute atomic E-state index is 0.187. The molecule has 6 heteroatoms. The molecule has 3 rings (SSSR count). The predicted molar refractivity (Wildman–Crippen MR) is 91.8 cm³/mol. The number of ether oxygens (including phenoxy) is 1. The van der Waals surface area contributed by atoms with Crippen molar-refractivity contribution in [2.45, 2.75) is 19.4 Å². The van der Waals surface area contributed by atoms with Gasteiger partial charge in [-0.05, 0) is 30.2 Å². The number of benzene rings is 1. The Morgan fingerprint density at radius 3 is 2.96 bits per heavy atom. The topological polar surface area (TPSA) is 61.5 Å². The smallest absolute Gasteiger partial charge is 0.227 e. The zero-order valence-electron chi connectivity index (χ0n) is 14.1. The van der Waals surface area contributed by atoms with Gasteiger partial charge in [-0.25, -0.2) is 0 Å². The van der Waals surface area contributed by atoms with E-state index in [2.05, 4.69) is 15.1 Å². The number of H-pyrrole nitrogens is 1. The molecule has 0 bridgehead atoms. The molecule has 2 heterocycles. The summed E-state index contributed by atoms with van der Waals surface area (Å²) in [6.07, 6.45) is 3.20. The summed E-state index contributed by atoms with van der Waals surface area (Å²) >= 11 is 0. The van der Waals surface area contributed by atoms with Crippen LogP contribution in [0.25, 0.3) is 0 Å². The summed E-state index contributed by atoms with van der Waals surface area (Å²) in [5, 5.41) is 6.99. The maximum atomic E-state index is 12.6. The standard InChI is InChI=1S/C18H24N4O2/c1-24-17-5-2-4-15(12-17)13-18(23)22-9-3-8-21(10-11-22)14-16-6-7-19-20-16/h2,4-7,12H,3,8-11,13-14H2,1H3,(H,19,20). The highest BCUT2D eigenvalue weighted by Gasteiger charge is 2.19. The van der Waals surface area contributed by atoms with Crippen molar-refractivity contribution in [1.29, 1.82) is 0 Å². The predicted octanol–water partition coefficient (Wildman–Crippen LogP) is 1.70. The van der Waals surface area contributed by atoms with Crippen LogP contribution in [0.3, 0.4) is 0 Å². The molecule has 0 atom stereocenters. The lowest BCUT2D eigenvalue weighted by Gasteiger charge is -2.22. The van der Waals surface area contributed by atoms with Gasteiger partial charge in [0.25, 0.3) is 0 Å². The van der Waals surface area contributed by atoms with Crippen LogP contribution in [0.2, 0.25) is 0 Å². The number of hydrogen-bond acceptors (Lipinski definition) is 4. The third kappa shape index (κ3) is 4.35. The molecule has 2 aromatic rings. The Kier molecular flexibility index (Phi) is 5.48. The van der Waals surface area contributed by atoms with E-state index in [-0.39, 0.29) is 5.91 Å². The summed E-state index contributed by atoms with van der Waals surface area (Å²) in [6, 6.07) is 9.73. The number of nitrogens with one attached hydrogen (secondary N) is 1. The van der Waals surface area contributed by atoms with Crippen molar-refractivity contribution in [3.05, 3.63) is 47.8 Å². The lowest BCUT2D eigenvalue weighted by atomic mass is 10.1. The van der Waals surface area contributed by atoms with Crippen LogP contribution in [0.15, 0.2) is 36.5 Å². The fraction of sp³-hybridized carbons (Fsp3) is 0.444. The van der Waals surface area contributed by atoms with E-state index in [0.717, 1.165) is 56.2 Å². The maximum absolute atomic E-state index is 12.6. The van der Waals surface area contributed by atoms with Gasteiger partial charge in [0.15, 0.2) is 0 Å². The molecule has 1 amide bonds. The third-order valence-electron chi connectivity index (χ3n) is 4.38. The minimum atomic E-state index is 0.187. The highest BCUT2D eigenvalue weighted by Crippen LogP contribution is 2.15. The Bertz CT molecular complexity index is 657. The molecule has 128 valence electrons. The highest BCUT2D eigenvalue weighted by atomic mass is 16.5. The van der Waals surface area contributed by atoms with Crippen LogP contribution in [0.1, 0.15) is 17.7 Å². The second kappa shape index (κ2) is 7.97. The number of aromatic amines is 1. The summed E-state index contributed by atoms with van der Waals surface area (Å²) in [5.41, 5.74) is 2.11. The van der Waals surface area contributed by atoms with Gasteiger partial charge in [-0.2, -0.15) is 5.10 Å². The highest BCUT2D eigenvalue weighted by molar-refractivity contribution is 5.79. The van der Waals surface area contributed by atoms with Gasteiger partial charge >= 0.3 is 0 Å². The molecule has 0 saturated carbocycles. The van der Waals surface area contributed by atoms with Crippen molar-refractivity contribution < 1.29 is 9.53 Å². The van der Waals surface area contributed by atoms with Gasteiger partial charge in [-0.3, -0.25) is 14.8 Å². The lowest BCUT2D eigenvalue weighted by Crippen LogP contribution is -2.36. The van der Waals surface area contributed by atoms with Gasteiger partial charge < -0.3 is 9.64 Å². The fourth-order valence-corrected chi connectivity index (χ4v) is 3.06. The molecule has 1 fully saturated rings. The summed E-state index contributed by atoms with van der Waals surface area (Å²) in [6.45, 7) is 4.35. The van der Waals surface area contributed by atoms with Gasteiger partial charge in [-0.1, -0.05) is 12.1 Å². The van der Waals surface area contributed by atoms with E-state index in [0.29, 0.717) is 6.42 Å². The molecule has 0 radical (unpaired) electrons. The molecule has 1 aliphatic rings. The Morgan fingerprint density at radius 1 is 1.25 bits per heavy atom. The van der Waals surface area contributed by atoms with Crippen LogP contribution in [0, 0.1) is 0 Å². The first kappa shape index (κ1) is 16.5. The van der Waals surface area contributed by atoms with Crippen molar-refractivity contribution in [3.63, 3.8) is 0 Å². The van der Waals surface area contributed by atoms with Crippen molar-refractivity contribution in [2.24, 2.45) is 0 Å². The normalized spacial score (nSPS) is 16.0. The Labute approximate surface area is 142 Å². The second-order valence-electron chi connectivity index (χ2n) is 6.12. The van der Waals surface area contributed by atoms with Crippen LogP contribution in [-0.4, -0.2) is 59.2 Å². The van der Waals surface area contributed by atoms with E-state index in [1.54, 1.807) is 13.3 Å². The van der Waals surface area contributed by atoms with Gasteiger partial charge in [0.05, 0.1) is 13.5 Å². The summed E-state index contributed by atoms with van der Waals surface area (Å²) in [4.78, 5) is 16.9. The Hall–Kier alpha value is -2.34. The van der Waals surface area contributed by atoms with Gasteiger partial charge in [0, 0.05) is 44.6 Å². The van der Waals surface area contributed by atoms with E-state index in [1.807, 2.05) is 35.2 Å². The number of hydrogen-bond donors (Lipinski definition) is 1. The molecule has 24 heavy (non-hydrogen) atoms. The van der Waals surface area contributed by atoms with Crippen molar-refractivity contribution in [3.8, 4) is 5.75 Å². The monoisotopic (exact) mass is 328 g/mol. The van der Waals surface area contributed by atoms with E-state index in [9.17, 15) is 4.79 Å². The Balaban J connectivity index is 1.54. The van der Waals surface area contributed by atoms with E-state index in [1.165, 1.54) is 0 Å². The van der Waals surface area contributed by atoms with Crippen LogP contribution in [-0.2, 0) is 17.8 Å². The van der Waals surface area contributed by atoms with Crippen molar-refractivity contribution >= 4 is 5.91 Å². The molecule has 1 aliphatic heterocycles. The third-order valence-corrected chi connectivity index (χ3v) is 4.38. The first-order valence-electron chi connectivity index (χ1n) is 8.36. The average molecular weight is 328 g/mol. The minimum Gasteiger partial charge on any atom is -0.497 e. The number of rotatable bonds is 5. The quantitative estimate of drug-likeness (QED) is 0.907. The zero-order valence-corrected chi connectivity index (χ0v) is 14.1. The SMILES string of the molecule is COc1cccc(CC(=O)N2CCCN(Cc3ccn[nH]3)CC2)c1. The molecule has 1 aromatic carbocycles. The van der Waals surface area contributed by atoms with Crippen LogP contribution < -0.4 is 4.74 Å². The maximum Gasteiger partial charge on any atom is 0.227 e. The number of aromatic nitrogens is 2. The first-order chi connectivity index (χ1) is 11.7. The van der Waals surface area contributed by atoms with Gasteiger partial charge in [0.1, 0.15) is 5.75 Å². The van der Waals surface area contributed by atoms with E-state index < -0.39 is 0 Å². The number of methoxy groups -OCH3 is 1. The van der Waals surface area contributed by atoms with Crippen molar-refractivity contribution in [1.82, 2.24) is 20.0 Å². The van der Waals surface area contributed by atoms with E-state index in [4.69, 9.17) is 4.74 Å².